The highest BCUT2D eigenvalue weighted by atomic mass is 35.5. The lowest BCUT2D eigenvalue weighted by molar-refractivity contribution is -0.113. The number of rotatable bonds is 7. The molecule has 3 aromatic carbocycles. The molecule has 32 heavy (non-hydrogen) atoms. The van der Waals surface area contributed by atoms with Gasteiger partial charge in [0, 0.05) is 23.3 Å². The molecule has 0 unspecified atom stereocenters. The van der Waals surface area contributed by atoms with Gasteiger partial charge < -0.3 is 15.2 Å². The maximum absolute atomic E-state index is 12.4. The van der Waals surface area contributed by atoms with Crippen molar-refractivity contribution in [2.45, 2.75) is 11.7 Å². The van der Waals surface area contributed by atoms with Crippen LogP contribution < -0.4 is 10.6 Å². The van der Waals surface area contributed by atoms with Gasteiger partial charge in [-0.2, -0.15) is 0 Å². The van der Waals surface area contributed by atoms with Gasteiger partial charge in [-0.05, 0) is 47.2 Å². The van der Waals surface area contributed by atoms with Crippen LogP contribution in [0, 0.1) is 0 Å². The normalized spacial score (nSPS) is 10.8. The Labute approximate surface area is 194 Å². The number of carbonyl (C=O) groups is 2. The van der Waals surface area contributed by atoms with Gasteiger partial charge in [-0.15, -0.1) is 10.2 Å². The lowest BCUT2D eigenvalue weighted by Gasteiger charge is -2.07. The minimum atomic E-state index is -0.228. The van der Waals surface area contributed by atoms with Gasteiger partial charge in [-0.25, -0.2) is 0 Å². The largest absolute Gasteiger partial charge is 0.345 e. The fourth-order valence-electron chi connectivity index (χ4n) is 3.08. The van der Waals surface area contributed by atoms with Crippen LogP contribution in [0.2, 0.25) is 5.02 Å². The van der Waals surface area contributed by atoms with Crippen molar-refractivity contribution >= 4 is 51.6 Å². The van der Waals surface area contributed by atoms with Crippen LogP contribution >= 0.6 is 23.4 Å². The molecule has 0 spiro atoms. The molecule has 0 saturated carbocycles. The Morgan fingerprint density at radius 3 is 2.53 bits per heavy atom. The second kappa shape index (κ2) is 9.84. The molecule has 2 amide bonds. The van der Waals surface area contributed by atoms with Crippen molar-refractivity contribution in [1.82, 2.24) is 20.1 Å². The van der Waals surface area contributed by atoms with Crippen molar-refractivity contribution in [1.29, 1.82) is 0 Å². The molecule has 7 nitrogen and oxygen atoms in total. The number of nitrogens with zero attached hydrogens (tertiary/aromatic N) is 3. The smallest absolute Gasteiger partial charge is 0.251 e. The quantitative estimate of drug-likeness (QED) is 0.397. The lowest BCUT2D eigenvalue weighted by atomic mass is 10.1. The Bertz CT molecular complexity index is 1270. The minimum Gasteiger partial charge on any atom is -0.345 e. The van der Waals surface area contributed by atoms with E-state index < -0.39 is 0 Å². The van der Waals surface area contributed by atoms with Gasteiger partial charge in [0.15, 0.2) is 11.0 Å². The molecule has 1 heterocycles. The van der Waals surface area contributed by atoms with Crippen molar-refractivity contribution in [2.24, 2.45) is 7.05 Å². The average Bonchev–Trinajstić information content (AvgIpc) is 3.15. The topological polar surface area (TPSA) is 88.9 Å². The number of benzene rings is 3. The first kappa shape index (κ1) is 21.9. The van der Waals surface area contributed by atoms with Crippen molar-refractivity contribution in [3.8, 4) is 0 Å². The molecule has 0 fully saturated rings. The fraction of sp³-hybridized carbons (Fsp3) is 0.130. The third kappa shape index (κ3) is 5.27. The summed E-state index contributed by atoms with van der Waals surface area (Å²) in [6, 6.07) is 20.4. The van der Waals surface area contributed by atoms with Gasteiger partial charge in [0.2, 0.25) is 5.91 Å². The second-order valence-electron chi connectivity index (χ2n) is 7.05. The van der Waals surface area contributed by atoms with Crippen LogP contribution in [-0.2, 0) is 18.4 Å². The Morgan fingerprint density at radius 2 is 1.75 bits per heavy atom. The van der Waals surface area contributed by atoms with Crippen LogP contribution in [-0.4, -0.2) is 32.3 Å². The number of halogens is 1. The Balaban J connectivity index is 1.30. The van der Waals surface area contributed by atoms with Gasteiger partial charge >= 0.3 is 0 Å². The third-order valence-electron chi connectivity index (χ3n) is 4.80. The van der Waals surface area contributed by atoms with Crippen LogP contribution in [0.3, 0.4) is 0 Å². The molecule has 4 rings (SSSR count). The lowest BCUT2D eigenvalue weighted by Crippen LogP contribution is -2.24. The number of nitrogens with one attached hydrogen (secondary N) is 2. The first-order chi connectivity index (χ1) is 15.5. The molecule has 162 valence electrons. The van der Waals surface area contributed by atoms with Crippen molar-refractivity contribution in [3.05, 3.63) is 83.1 Å². The first-order valence-corrected chi connectivity index (χ1v) is 11.2. The number of hydrogen-bond donors (Lipinski definition) is 2. The summed E-state index contributed by atoms with van der Waals surface area (Å²) in [6.45, 7) is 0.217. The molecule has 4 aromatic rings. The number of aromatic nitrogens is 3. The van der Waals surface area contributed by atoms with Crippen LogP contribution in [0.5, 0.6) is 0 Å². The Hall–Kier alpha value is -3.36. The van der Waals surface area contributed by atoms with Gasteiger partial charge in [0.1, 0.15) is 0 Å². The molecule has 1 aromatic heterocycles. The minimum absolute atomic E-state index is 0.133. The molecule has 0 radical (unpaired) electrons. The van der Waals surface area contributed by atoms with E-state index in [9.17, 15) is 9.59 Å². The van der Waals surface area contributed by atoms with E-state index in [1.54, 1.807) is 35.9 Å². The first-order valence-electron chi connectivity index (χ1n) is 9.83. The molecule has 0 saturated heterocycles. The molecule has 0 aliphatic rings. The predicted octanol–water partition coefficient (Wildman–Crippen LogP) is 4.28. The van der Waals surface area contributed by atoms with Crippen molar-refractivity contribution in [3.63, 3.8) is 0 Å². The molecule has 0 aliphatic carbocycles. The van der Waals surface area contributed by atoms with E-state index in [0.717, 1.165) is 16.5 Å². The summed E-state index contributed by atoms with van der Waals surface area (Å²) >= 11 is 7.13. The van der Waals surface area contributed by atoms with Crippen LogP contribution in [0.4, 0.5) is 5.69 Å². The van der Waals surface area contributed by atoms with E-state index >= 15 is 0 Å². The molecule has 0 atom stereocenters. The van der Waals surface area contributed by atoms with Crippen molar-refractivity contribution in [2.75, 3.05) is 11.1 Å². The molecular weight excluding hydrogens is 446 g/mol. The number of amides is 2. The van der Waals surface area contributed by atoms with Crippen LogP contribution in [0.15, 0.2) is 71.9 Å². The summed E-state index contributed by atoms with van der Waals surface area (Å²) in [5, 5.41) is 17.3. The summed E-state index contributed by atoms with van der Waals surface area (Å²) < 4.78 is 1.76. The molecule has 0 bridgehead atoms. The fourth-order valence-corrected chi connectivity index (χ4v) is 3.94. The SMILES string of the molecule is Cn1c(CNC(=O)c2ccc(Cl)cc2)nnc1SCC(=O)Nc1ccc2ccccc2c1. The van der Waals surface area contributed by atoms with Gasteiger partial charge in [-0.3, -0.25) is 9.59 Å². The summed E-state index contributed by atoms with van der Waals surface area (Å²) in [7, 11) is 1.80. The Morgan fingerprint density at radius 1 is 1.00 bits per heavy atom. The number of carbonyl (C=O) groups excluding carboxylic acids is 2. The van der Waals surface area contributed by atoms with Crippen LogP contribution in [0.25, 0.3) is 10.8 Å². The third-order valence-corrected chi connectivity index (χ3v) is 6.08. The maximum atomic E-state index is 12.4. The van der Waals surface area contributed by atoms with E-state index in [0.29, 0.717) is 21.6 Å². The summed E-state index contributed by atoms with van der Waals surface area (Å²) in [6.07, 6.45) is 0. The zero-order chi connectivity index (χ0) is 22.5. The molecule has 9 heteroatoms. The maximum Gasteiger partial charge on any atom is 0.251 e. The van der Waals surface area contributed by atoms with Gasteiger partial charge in [-0.1, -0.05) is 53.7 Å². The average molecular weight is 466 g/mol. The highest BCUT2D eigenvalue weighted by Gasteiger charge is 2.13. The van der Waals surface area contributed by atoms with Crippen LogP contribution in [0.1, 0.15) is 16.2 Å². The zero-order valence-corrected chi connectivity index (χ0v) is 18.8. The number of thioether (sulfide) groups is 1. The van der Waals surface area contributed by atoms with Gasteiger partial charge in [0.05, 0.1) is 12.3 Å². The molecule has 0 aliphatic heterocycles. The van der Waals surface area contributed by atoms with E-state index in [1.165, 1.54) is 11.8 Å². The zero-order valence-electron chi connectivity index (χ0n) is 17.2. The number of fused-ring (bicyclic) bond motifs is 1. The highest BCUT2D eigenvalue weighted by Crippen LogP contribution is 2.20. The van der Waals surface area contributed by atoms with Gasteiger partial charge in [0.25, 0.3) is 5.91 Å². The van der Waals surface area contributed by atoms with E-state index in [2.05, 4.69) is 20.8 Å². The van der Waals surface area contributed by atoms with E-state index in [1.807, 2.05) is 42.5 Å². The summed E-state index contributed by atoms with van der Waals surface area (Å²) in [5.74, 6) is 0.417. The van der Waals surface area contributed by atoms with E-state index in [-0.39, 0.29) is 24.1 Å². The molecule has 2 N–H and O–H groups in total. The monoisotopic (exact) mass is 465 g/mol. The summed E-state index contributed by atoms with van der Waals surface area (Å²) in [5.41, 5.74) is 1.26. The number of anilines is 1. The van der Waals surface area contributed by atoms with E-state index in [4.69, 9.17) is 11.6 Å². The highest BCUT2D eigenvalue weighted by molar-refractivity contribution is 7.99. The van der Waals surface area contributed by atoms with Crippen molar-refractivity contribution < 1.29 is 9.59 Å². The standard InChI is InChI=1S/C23H20ClN5O2S/c1-29-20(13-25-22(31)16-6-9-18(24)10-7-16)27-28-23(29)32-14-21(30)26-19-11-8-15-4-2-3-5-17(15)12-19/h2-12H,13-14H2,1H3,(H,25,31)(H,26,30). The predicted molar refractivity (Wildman–Crippen MR) is 127 cm³/mol. The Kier molecular flexibility index (Phi) is 6.72. The second-order valence-corrected chi connectivity index (χ2v) is 8.43. The molecular formula is C23H20ClN5O2S. The number of hydrogen-bond acceptors (Lipinski definition) is 5. The summed E-state index contributed by atoms with van der Waals surface area (Å²) in [4.78, 5) is 24.6.